The molecular weight excluding hydrogens is 416 g/mol. The minimum Gasteiger partial charge on any atom is -0.494 e. The maximum atomic E-state index is 13.2. The average Bonchev–Trinajstić information content (AvgIpc) is 2.81. The maximum absolute atomic E-state index is 13.2. The van der Waals surface area contributed by atoms with E-state index in [4.69, 9.17) is 4.74 Å². The second-order valence-corrected chi connectivity index (χ2v) is 8.44. The van der Waals surface area contributed by atoms with Gasteiger partial charge in [0.2, 0.25) is 5.88 Å². The number of aromatic hydroxyl groups is 1. The largest absolute Gasteiger partial charge is 0.494 e. The van der Waals surface area contributed by atoms with Crippen LogP contribution in [-0.4, -0.2) is 22.1 Å². The van der Waals surface area contributed by atoms with Crippen LogP contribution < -0.4 is 10.3 Å². The molecule has 0 saturated heterocycles. The van der Waals surface area contributed by atoms with Gasteiger partial charge in [-0.15, -0.1) is 0 Å². The summed E-state index contributed by atoms with van der Waals surface area (Å²) in [6.07, 6.45) is 9.44. The van der Waals surface area contributed by atoms with E-state index in [-0.39, 0.29) is 29.1 Å². The Labute approximate surface area is 196 Å². The van der Waals surface area contributed by atoms with Gasteiger partial charge in [-0.3, -0.25) is 14.2 Å². The van der Waals surface area contributed by atoms with Crippen molar-refractivity contribution in [2.75, 3.05) is 6.61 Å². The number of nitriles is 1. The molecule has 0 unspecified atom stereocenters. The van der Waals surface area contributed by atoms with Gasteiger partial charge in [-0.25, -0.2) is 0 Å². The highest BCUT2D eigenvalue weighted by Gasteiger charge is 2.24. The Kier molecular flexibility index (Phi) is 10.7. The highest BCUT2D eigenvalue weighted by molar-refractivity contribution is 6.11. The van der Waals surface area contributed by atoms with E-state index in [1.54, 1.807) is 24.3 Å². The quantitative estimate of drug-likeness (QED) is 0.285. The van der Waals surface area contributed by atoms with Crippen LogP contribution in [0.3, 0.4) is 0 Å². The van der Waals surface area contributed by atoms with E-state index < -0.39 is 11.3 Å². The molecule has 33 heavy (non-hydrogen) atoms. The molecule has 0 saturated carbocycles. The van der Waals surface area contributed by atoms with Crippen molar-refractivity contribution in [3.8, 4) is 17.7 Å². The number of rotatable bonds is 14. The van der Waals surface area contributed by atoms with Gasteiger partial charge in [0.1, 0.15) is 17.4 Å². The Morgan fingerprint density at radius 1 is 1.00 bits per heavy atom. The minimum absolute atomic E-state index is 0.00577. The fraction of sp³-hybridized carbons (Fsp3) is 0.519. The van der Waals surface area contributed by atoms with E-state index in [0.29, 0.717) is 24.3 Å². The second kappa shape index (κ2) is 13.5. The normalized spacial score (nSPS) is 10.7. The van der Waals surface area contributed by atoms with E-state index in [1.807, 2.05) is 6.07 Å². The maximum Gasteiger partial charge on any atom is 0.271 e. The monoisotopic (exact) mass is 452 g/mol. The summed E-state index contributed by atoms with van der Waals surface area (Å²) in [5.41, 5.74) is -0.0740. The SMILES string of the molecule is CCCCCCCOc1ccc(C(=O)c2c(C)c(C#N)c(=O)n(CCCCCC)c2O)cc1. The van der Waals surface area contributed by atoms with Gasteiger partial charge >= 0.3 is 0 Å². The van der Waals surface area contributed by atoms with Gasteiger partial charge < -0.3 is 9.84 Å². The first-order valence-electron chi connectivity index (χ1n) is 12.1. The molecule has 0 aliphatic heterocycles. The van der Waals surface area contributed by atoms with Crippen LogP contribution in [-0.2, 0) is 6.54 Å². The number of carbonyl (C=O) groups is 1. The number of ketones is 1. The fourth-order valence-electron chi connectivity index (χ4n) is 3.87. The number of ether oxygens (including phenoxy) is 1. The Morgan fingerprint density at radius 2 is 1.61 bits per heavy atom. The molecule has 2 rings (SSSR count). The lowest BCUT2D eigenvalue weighted by Gasteiger charge is -2.15. The summed E-state index contributed by atoms with van der Waals surface area (Å²) >= 11 is 0. The van der Waals surface area contributed by atoms with E-state index in [9.17, 15) is 20.0 Å². The second-order valence-electron chi connectivity index (χ2n) is 8.44. The first kappa shape index (κ1) is 26.2. The molecular formula is C27H36N2O4. The molecule has 6 nitrogen and oxygen atoms in total. The number of hydrogen-bond donors (Lipinski definition) is 1. The summed E-state index contributed by atoms with van der Waals surface area (Å²) in [7, 11) is 0. The van der Waals surface area contributed by atoms with Crippen molar-refractivity contribution in [3.63, 3.8) is 0 Å². The fourth-order valence-corrected chi connectivity index (χ4v) is 3.87. The number of pyridine rings is 1. The first-order chi connectivity index (χ1) is 16.0. The zero-order valence-corrected chi connectivity index (χ0v) is 20.2. The number of unbranched alkanes of at least 4 members (excludes halogenated alkanes) is 7. The van der Waals surface area contributed by atoms with Gasteiger partial charge in [-0.05, 0) is 49.6 Å². The molecule has 1 N–H and O–H groups in total. The molecule has 0 atom stereocenters. The third-order valence-electron chi connectivity index (χ3n) is 5.90. The average molecular weight is 453 g/mol. The van der Waals surface area contributed by atoms with Crippen molar-refractivity contribution in [2.24, 2.45) is 0 Å². The van der Waals surface area contributed by atoms with Crippen LogP contribution in [0.2, 0.25) is 0 Å². The summed E-state index contributed by atoms with van der Waals surface area (Å²) in [4.78, 5) is 25.9. The van der Waals surface area contributed by atoms with E-state index in [0.717, 1.165) is 36.7 Å². The highest BCUT2D eigenvalue weighted by Crippen LogP contribution is 2.26. The Hall–Kier alpha value is -3.07. The van der Waals surface area contributed by atoms with Crippen LogP contribution in [0.1, 0.15) is 98.7 Å². The molecule has 0 radical (unpaired) electrons. The molecule has 0 amide bonds. The van der Waals surface area contributed by atoms with Crippen LogP contribution in [0.5, 0.6) is 11.6 Å². The lowest BCUT2D eigenvalue weighted by molar-refractivity contribution is 0.103. The standard InChI is InChI=1S/C27H36N2O4/c1-4-6-8-10-12-18-33-22-15-13-21(14-16-22)25(30)24-20(3)23(19-28)26(31)29(27(24)32)17-11-9-7-5-2/h13-16,32H,4-12,17-18H2,1-3H3. The Balaban J connectivity index is 2.21. The topological polar surface area (TPSA) is 92.3 Å². The summed E-state index contributed by atoms with van der Waals surface area (Å²) in [5, 5.41) is 20.3. The Bertz CT molecular complexity index is 1020. The van der Waals surface area contributed by atoms with Crippen molar-refractivity contribution < 1.29 is 14.6 Å². The van der Waals surface area contributed by atoms with Crippen molar-refractivity contribution in [3.05, 3.63) is 56.9 Å². The third-order valence-corrected chi connectivity index (χ3v) is 5.90. The predicted octanol–water partition coefficient (Wildman–Crippen LogP) is 5.89. The molecule has 6 heteroatoms. The molecule has 0 aliphatic rings. The van der Waals surface area contributed by atoms with Crippen LogP contribution in [0.15, 0.2) is 29.1 Å². The van der Waals surface area contributed by atoms with Crippen LogP contribution in [0.4, 0.5) is 0 Å². The lowest BCUT2D eigenvalue weighted by atomic mass is 9.97. The zero-order valence-electron chi connectivity index (χ0n) is 20.2. The number of carbonyl (C=O) groups excluding carboxylic acids is 1. The summed E-state index contributed by atoms with van der Waals surface area (Å²) in [6, 6.07) is 8.68. The summed E-state index contributed by atoms with van der Waals surface area (Å²) in [5.74, 6) is -0.109. The lowest BCUT2D eigenvalue weighted by Crippen LogP contribution is -2.27. The van der Waals surface area contributed by atoms with Crippen LogP contribution in [0, 0.1) is 18.3 Å². The number of aromatic nitrogens is 1. The van der Waals surface area contributed by atoms with E-state index in [1.165, 1.54) is 26.2 Å². The predicted molar refractivity (Wildman–Crippen MR) is 130 cm³/mol. The third kappa shape index (κ3) is 6.95. The van der Waals surface area contributed by atoms with Crippen LogP contribution in [0.25, 0.3) is 0 Å². The minimum atomic E-state index is -0.553. The highest BCUT2D eigenvalue weighted by atomic mass is 16.5. The van der Waals surface area contributed by atoms with Crippen molar-refractivity contribution in [1.82, 2.24) is 4.57 Å². The molecule has 0 spiro atoms. The summed E-state index contributed by atoms with van der Waals surface area (Å²) < 4.78 is 6.92. The summed E-state index contributed by atoms with van der Waals surface area (Å²) in [6.45, 7) is 6.70. The van der Waals surface area contributed by atoms with Gasteiger partial charge in [-0.2, -0.15) is 5.26 Å². The molecule has 0 fully saturated rings. The van der Waals surface area contributed by atoms with Crippen molar-refractivity contribution in [2.45, 2.75) is 85.1 Å². The number of hydrogen-bond acceptors (Lipinski definition) is 5. The van der Waals surface area contributed by atoms with Gasteiger partial charge in [0.15, 0.2) is 5.78 Å². The molecule has 1 heterocycles. The molecule has 1 aromatic heterocycles. The molecule has 178 valence electrons. The zero-order chi connectivity index (χ0) is 24.2. The molecule has 0 aliphatic carbocycles. The molecule has 0 bridgehead atoms. The van der Waals surface area contributed by atoms with Crippen molar-refractivity contribution in [1.29, 1.82) is 5.26 Å². The van der Waals surface area contributed by atoms with Crippen molar-refractivity contribution >= 4 is 5.78 Å². The van der Waals surface area contributed by atoms with E-state index >= 15 is 0 Å². The first-order valence-corrected chi connectivity index (χ1v) is 12.1. The number of benzene rings is 1. The van der Waals surface area contributed by atoms with Gasteiger partial charge in [0.25, 0.3) is 5.56 Å². The molecule has 2 aromatic rings. The molecule has 1 aromatic carbocycles. The Morgan fingerprint density at radius 3 is 2.21 bits per heavy atom. The van der Waals surface area contributed by atoms with Gasteiger partial charge in [-0.1, -0.05) is 58.8 Å². The number of nitrogens with zero attached hydrogens (tertiary/aromatic N) is 2. The van der Waals surface area contributed by atoms with E-state index in [2.05, 4.69) is 13.8 Å². The van der Waals surface area contributed by atoms with Gasteiger partial charge in [0, 0.05) is 12.1 Å². The smallest absolute Gasteiger partial charge is 0.271 e. The van der Waals surface area contributed by atoms with Crippen LogP contribution >= 0.6 is 0 Å². The van der Waals surface area contributed by atoms with Gasteiger partial charge in [0.05, 0.1) is 12.2 Å².